The fraction of sp³-hybridized carbons (Fsp3) is 0.200. The summed E-state index contributed by atoms with van der Waals surface area (Å²) >= 11 is 0.595. The molecule has 0 fully saturated rings. The first-order chi connectivity index (χ1) is 13.5. The van der Waals surface area contributed by atoms with Crippen molar-refractivity contribution in [2.45, 2.75) is 24.7 Å². The van der Waals surface area contributed by atoms with Crippen LogP contribution in [0.1, 0.15) is 19.8 Å². The minimum Gasteiger partial charge on any atom is -0.301 e. The molecule has 1 aromatic rings. The van der Waals surface area contributed by atoms with E-state index in [1.807, 2.05) is 0 Å². The number of benzene rings is 1. The zero-order chi connectivity index (χ0) is 21.9. The molecule has 1 aliphatic rings. The molecule has 0 unspecified atom stereocenters. The summed E-state index contributed by atoms with van der Waals surface area (Å²) in [6.07, 6.45) is 0.0626. The van der Waals surface area contributed by atoms with E-state index in [4.69, 9.17) is 0 Å². The molecule has 0 bridgehead atoms. The van der Waals surface area contributed by atoms with Gasteiger partial charge in [0.2, 0.25) is 5.70 Å². The molecule has 2 rings (SSSR count). The first-order valence-corrected chi connectivity index (χ1v) is 8.51. The molecule has 0 radical (unpaired) electrons. The summed E-state index contributed by atoms with van der Waals surface area (Å²) in [5, 5.41) is 44.7. The predicted octanol–water partition coefficient (Wildman–Crippen LogP) is 0.205. The van der Waals surface area contributed by atoms with Crippen LogP contribution in [0.15, 0.2) is 45.5 Å². The number of hydrogen-bond donors (Lipinski definition) is 0. The molecular weight excluding hydrogens is 451 g/mol. The molecule has 0 heterocycles. The van der Waals surface area contributed by atoms with Crippen LogP contribution in [0.4, 0.5) is 11.4 Å². The molecule has 1 aromatic carbocycles. The van der Waals surface area contributed by atoms with Gasteiger partial charge in [0.1, 0.15) is 11.5 Å². The van der Waals surface area contributed by atoms with E-state index in [2.05, 4.69) is 0 Å². The van der Waals surface area contributed by atoms with Gasteiger partial charge >= 0.3 is 51.4 Å². The van der Waals surface area contributed by atoms with Crippen LogP contribution in [-0.4, -0.2) is 25.5 Å². The van der Waals surface area contributed by atoms with E-state index in [1.165, 1.54) is 6.92 Å². The number of allylic oxidation sites excluding steroid dienone is 3. The minimum atomic E-state index is -0.872. The summed E-state index contributed by atoms with van der Waals surface area (Å²) in [5.41, 5.74) is -2.39. The fourth-order valence-corrected chi connectivity index (χ4v) is 3.67. The van der Waals surface area contributed by atoms with E-state index >= 15 is 0 Å². The van der Waals surface area contributed by atoms with Crippen molar-refractivity contribution in [3.63, 3.8) is 0 Å². The number of Topliss-reactive ketones (excluding diaryl/α,β-unsaturated/α-hetero) is 1. The SMILES string of the molecule is CC(=O)C[C-]1CC(Sc2ccc([N+](=O)[O-])cc2[N+](=O)[O-])=C([N+](=O)[O-])C=C1[N+](=O)[O-].[K+]. The van der Waals surface area contributed by atoms with Gasteiger partial charge in [0.25, 0.3) is 11.4 Å². The monoisotopic (exact) mass is 462 g/mol. The van der Waals surface area contributed by atoms with Gasteiger partial charge in [-0.15, -0.1) is 5.92 Å². The quantitative estimate of drug-likeness (QED) is 0.223. The van der Waals surface area contributed by atoms with E-state index < -0.39 is 48.2 Å². The number of nitro benzene ring substituents is 2. The van der Waals surface area contributed by atoms with Gasteiger partial charge in [-0.2, -0.15) is 0 Å². The molecule has 30 heavy (non-hydrogen) atoms. The Labute approximate surface area is 214 Å². The number of carbonyl (C=O) groups is 1. The first kappa shape index (κ1) is 25.9. The van der Waals surface area contributed by atoms with Crippen molar-refractivity contribution >= 4 is 28.9 Å². The molecule has 0 saturated heterocycles. The number of ketones is 1. The molecule has 0 amide bonds. The Morgan fingerprint density at radius 1 is 1.03 bits per heavy atom. The largest absolute Gasteiger partial charge is 1.00 e. The van der Waals surface area contributed by atoms with Crippen molar-refractivity contribution in [1.29, 1.82) is 0 Å². The van der Waals surface area contributed by atoms with Crippen LogP contribution >= 0.6 is 11.8 Å². The molecule has 15 heteroatoms. The molecule has 0 aliphatic heterocycles. The van der Waals surface area contributed by atoms with Crippen molar-refractivity contribution in [3.8, 4) is 0 Å². The second-order valence-electron chi connectivity index (χ2n) is 5.78. The number of nitro groups is 4. The molecule has 13 nitrogen and oxygen atoms in total. The number of thioether (sulfide) groups is 1. The zero-order valence-corrected chi connectivity index (χ0v) is 19.5. The molecule has 0 saturated carbocycles. The Morgan fingerprint density at radius 2 is 1.67 bits per heavy atom. The van der Waals surface area contributed by atoms with Crippen LogP contribution in [0.2, 0.25) is 0 Å². The van der Waals surface area contributed by atoms with Crippen molar-refractivity contribution in [1.82, 2.24) is 0 Å². The van der Waals surface area contributed by atoms with Crippen LogP contribution in [0.25, 0.3) is 0 Å². The Kier molecular flexibility index (Phi) is 9.25. The van der Waals surface area contributed by atoms with Gasteiger partial charge in [0, 0.05) is 20.8 Å². The van der Waals surface area contributed by atoms with E-state index in [-0.39, 0.29) is 79.9 Å². The van der Waals surface area contributed by atoms with Crippen LogP contribution < -0.4 is 51.4 Å². The van der Waals surface area contributed by atoms with Crippen molar-refractivity contribution in [3.05, 3.63) is 86.9 Å². The van der Waals surface area contributed by atoms with Gasteiger partial charge in [-0.3, -0.25) is 40.5 Å². The van der Waals surface area contributed by atoms with Crippen molar-refractivity contribution in [2.24, 2.45) is 0 Å². The van der Waals surface area contributed by atoms with Crippen molar-refractivity contribution < 1.29 is 75.9 Å². The average Bonchev–Trinajstić information content (AvgIpc) is 2.60. The maximum atomic E-state index is 11.4. The molecule has 0 spiro atoms. The van der Waals surface area contributed by atoms with E-state index in [0.717, 1.165) is 18.2 Å². The van der Waals surface area contributed by atoms with Gasteiger partial charge in [-0.1, -0.05) is 24.3 Å². The van der Waals surface area contributed by atoms with Crippen LogP contribution in [0.5, 0.6) is 0 Å². The Bertz CT molecular complexity index is 1010. The Balaban J connectivity index is 0.00000450. The summed E-state index contributed by atoms with van der Waals surface area (Å²) in [7, 11) is 0. The minimum absolute atomic E-state index is 0. The summed E-state index contributed by atoms with van der Waals surface area (Å²) in [6, 6.07) is 2.79. The predicted molar refractivity (Wildman–Crippen MR) is 97.9 cm³/mol. The molecule has 0 N–H and O–H groups in total. The normalized spacial score (nSPS) is 13.2. The van der Waals surface area contributed by atoms with E-state index in [9.17, 15) is 45.3 Å². The van der Waals surface area contributed by atoms with Gasteiger partial charge in [0.15, 0.2) is 0 Å². The van der Waals surface area contributed by atoms with Gasteiger partial charge in [-0.05, 0) is 19.4 Å². The molecule has 0 atom stereocenters. The van der Waals surface area contributed by atoms with E-state index in [1.54, 1.807) is 0 Å². The van der Waals surface area contributed by atoms with Crippen LogP contribution in [0, 0.1) is 46.4 Å². The maximum absolute atomic E-state index is 11.4. The number of non-ortho nitro benzene ring substituents is 1. The second-order valence-corrected chi connectivity index (χ2v) is 6.92. The number of nitrogens with zero attached hydrogens (tertiary/aromatic N) is 4. The third-order valence-electron chi connectivity index (χ3n) is 3.73. The molecule has 1 aliphatic carbocycles. The number of hydrogen-bond acceptors (Lipinski definition) is 10. The third kappa shape index (κ3) is 6.16. The fourth-order valence-electron chi connectivity index (χ4n) is 2.55. The van der Waals surface area contributed by atoms with Gasteiger partial charge in [0.05, 0.1) is 20.8 Å². The van der Waals surface area contributed by atoms with Gasteiger partial charge in [-0.25, -0.2) is 0 Å². The molecule has 0 aromatic heterocycles. The average molecular weight is 462 g/mol. The first-order valence-electron chi connectivity index (χ1n) is 7.70. The maximum Gasteiger partial charge on any atom is 1.00 e. The standard InChI is InChI=1S/C15H11N4O9S.K/c1-8(20)4-9-5-15(13(19(27)28)7-11(9)17(23)24)29-14-3-2-10(16(21)22)6-12(14)18(25)26;/h2-3,6-7H,4-5H2,1H3;/q-1;+1. The van der Waals surface area contributed by atoms with Crippen LogP contribution in [0.3, 0.4) is 0 Å². The topological polar surface area (TPSA) is 190 Å². The Morgan fingerprint density at radius 3 is 2.13 bits per heavy atom. The number of rotatable bonds is 8. The molecule has 152 valence electrons. The summed E-state index contributed by atoms with van der Waals surface area (Å²) in [6.45, 7) is 1.20. The molecular formula is C15H11KN4O9S. The van der Waals surface area contributed by atoms with Gasteiger partial charge < -0.3 is 4.79 Å². The van der Waals surface area contributed by atoms with Crippen molar-refractivity contribution in [2.75, 3.05) is 0 Å². The second kappa shape index (κ2) is 10.7. The van der Waals surface area contributed by atoms with E-state index in [0.29, 0.717) is 17.8 Å². The smallest absolute Gasteiger partial charge is 0.301 e. The zero-order valence-electron chi connectivity index (χ0n) is 15.6. The summed E-state index contributed by atoms with van der Waals surface area (Å²) in [5.74, 6) is -0.372. The summed E-state index contributed by atoms with van der Waals surface area (Å²) < 4.78 is 0. The Hall–Kier alpha value is -2.17. The van der Waals surface area contributed by atoms with Crippen LogP contribution in [-0.2, 0) is 4.79 Å². The third-order valence-corrected chi connectivity index (χ3v) is 4.90. The summed E-state index contributed by atoms with van der Waals surface area (Å²) in [4.78, 5) is 52.6. The number of carbonyl (C=O) groups excluding carboxylic acids is 1.